The number of benzene rings is 2. The largest absolute Gasteiger partial charge is 0.385 e. The lowest BCUT2D eigenvalue weighted by Gasteiger charge is -2.08. The van der Waals surface area contributed by atoms with Crippen molar-refractivity contribution >= 4 is 17.5 Å². The minimum atomic E-state index is -0.182. The lowest BCUT2D eigenvalue weighted by atomic mass is 10.0. The molecule has 0 aliphatic carbocycles. The lowest BCUT2D eigenvalue weighted by Crippen LogP contribution is -2.27. The number of halogens is 1. The zero-order chi connectivity index (χ0) is 20.1. The first-order valence-electron chi connectivity index (χ1n) is 9.20. The molecule has 0 fully saturated rings. The maximum absolute atomic E-state index is 12.8. The molecule has 0 spiro atoms. The summed E-state index contributed by atoms with van der Waals surface area (Å²) in [6.45, 7) is 5.27. The first-order valence-corrected chi connectivity index (χ1v) is 9.58. The maximum Gasteiger partial charge on any atom is 0.270 e. The molecule has 0 atom stereocenters. The number of amides is 1. The number of rotatable bonds is 7. The summed E-state index contributed by atoms with van der Waals surface area (Å²) >= 11 is 6.15. The van der Waals surface area contributed by atoms with Crippen LogP contribution < -0.4 is 5.32 Å². The number of methoxy groups -OCH3 is 1. The van der Waals surface area contributed by atoms with Crippen molar-refractivity contribution in [1.82, 2.24) is 15.1 Å². The summed E-state index contributed by atoms with van der Waals surface area (Å²) in [5, 5.41) is 8.22. The molecule has 0 radical (unpaired) electrons. The number of ether oxygens (including phenoxy) is 1. The van der Waals surface area contributed by atoms with E-state index in [-0.39, 0.29) is 5.91 Å². The molecule has 0 aliphatic heterocycles. The van der Waals surface area contributed by atoms with Crippen LogP contribution >= 0.6 is 11.6 Å². The second-order valence-electron chi connectivity index (χ2n) is 6.71. The van der Waals surface area contributed by atoms with E-state index in [1.165, 1.54) is 11.1 Å². The standard InChI is InChI=1S/C22H24ClN3O2/c1-15-8-9-17(12-16(15)2)20-14-21(22(27)24-10-5-11-28-3)26(25-20)19-7-4-6-18(23)13-19/h4,6-9,12-14H,5,10-11H2,1-3H3,(H,24,27). The Labute approximate surface area is 170 Å². The molecule has 0 unspecified atom stereocenters. The molecule has 0 bridgehead atoms. The smallest absolute Gasteiger partial charge is 0.270 e. The first kappa shape index (κ1) is 20.1. The van der Waals surface area contributed by atoms with Crippen molar-refractivity contribution in [3.8, 4) is 16.9 Å². The fourth-order valence-electron chi connectivity index (χ4n) is 2.90. The Morgan fingerprint density at radius 1 is 1.14 bits per heavy atom. The van der Waals surface area contributed by atoms with Gasteiger partial charge < -0.3 is 10.1 Å². The highest BCUT2D eigenvalue weighted by Crippen LogP contribution is 2.25. The van der Waals surface area contributed by atoms with Crippen LogP contribution in [0.3, 0.4) is 0 Å². The van der Waals surface area contributed by atoms with Gasteiger partial charge in [0, 0.05) is 30.8 Å². The van der Waals surface area contributed by atoms with Crippen LogP contribution in [0.1, 0.15) is 28.0 Å². The Balaban J connectivity index is 1.99. The summed E-state index contributed by atoms with van der Waals surface area (Å²) in [6, 6.07) is 15.3. The Bertz CT molecular complexity index is 982. The number of nitrogens with one attached hydrogen (secondary N) is 1. The molecule has 2 aromatic carbocycles. The van der Waals surface area contributed by atoms with E-state index in [1.54, 1.807) is 23.9 Å². The number of carbonyl (C=O) groups excluding carboxylic acids is 1. The molecule has 5 nitrogen and oxygen atoms in total. The number of carbonyl (C=O) groups is 1. The monoisotopic (exact) mass is 397 g/mol. The van der Waals surface area contributed by atoms with Crippen molar-refractivity contribution in [2.24, 2.45) is 0 Å². The predicted molar refractivity (Wildman–Crippen MR) is 112 cm³/mol. The zero-order valence-electron chi connectivity index (χ0n) is 16.3. The average Bonchev–Trinajstić information content (AvgIpc) is 3.13. The number of hydrogen-bond donors (Lipinski definition) is 1. The molecule has 28 heavy (non-hydrogen) atoms. The summed E-state index contributed by atoms with van der Waals surface area (Å²) < 4.78 is 6.68. The molecule has 6 heteroatoms. The van der Waals surface area contributed by atoms with E-state index >= 15 is 0 Å². The van der Waals surface area contributed by atoms with Crippen LogP contribution in [0.25, 0.3) is 16.9 Å². The van der Waals surface area contributed by atoms with E-state index in [4.69, 9.17) is 21.4 Å². The van der Waals surface area contributed by atoms with Crippen LogP contribution in [-0.2, 0) is 4.74 Å². The third-order valence-electron chi connectivity index (χ3n) is 4.61. The Kier molecular flexibility index (Phi) is 6.49. The van der Waals surface area contributed by atoms with E-state index in [0.29, 0.717) is 23.9 Å². The van der Waals surface area contributed by atoms with Gasteiger partial charge in [0.2, 0.25) is 0 Å². The molecular weight excluding hydrogens is 374 g/mol. The third kappa shape index (κ3) is 4.61. The molecule has 3 aromatic rings. The quantitative estimate of drug-likeness (QED) is 0.594. The zero-order valence-corrected chi connectivity index (χ0v) is 17.1. The highest BCUT2D eigenvalue weighted by molar-refractivity contribution is 6.30. The Morgan fingerprint density at radius 3 is 2.68 bits per heavy atom. The minimum absolute atomic E-state index is 0.182. The van der Waals surface area contributed by atoms with Gasteiger partial charge in [0.25, 0.3) is 5.91 Å². The van der Waals surface area contributed by atoms with E-state index in [0.717, 1.165) is 23.4 Å². The van der Waals surface area contributed by atoms with E-state index in [1.807, 2.05) is 24.3 Å². The fourth-order valence-corrected chi connectivity index (χ4v) is 3.08. The van der Waals surface area contributed by atoms with Gasteiger partial charge in [0.05, 0.1) is 11.4 Å². The second kappa shape index (κ2) is 9.04. The van der Waals surface area contributed by atoms with Gasteiger partial charge in [-0.1, -0.05) is 29.8 Å². The van der Waals surface area contributed by atoms with Crippen LogP contribution in [-0.4, -0.2) is 35.9 Å². The molecule has 0 aliphatic rings. The molecule has 1 amide bonds. The maximum atomic E-state index is 12.8. The van der Waals surface area contributed by atoms with Gasteiger partial charge in [0.1, 0.15) is 5.69 Å². The van der Waals surface area contributed by atoms with Crippen LogP contribution in [0, 0.1) is 13.8 Å². The van der Waals surface area contributed by atoms with E-state index < -0.39 is 0 Å². The highest BCUT2D eigenvalue weighted by atomic mass is 35.5. The van der Waals surface area contributed by atoms with Gasteiger partial charge in [-0.05, 0) is 61.7 Å². The summed E-state index contributed by atoms with van der Waals surface area (Å²) in [4.78, 5) is 12.8. The van der Waals surface area contributed by atoms with Crippen molar-refractivity contribution in [3.63, 3.8) is 0 Å². The van der Waals surface area contributed by atoms with Gasteiger partial charge in [-0.2, -0.15) is 5.10 Å². The normalized spacial score (nSPS) is 10.9. The SMILES string of the molecule is COCCCNC(=O)c1cc(-c2ccc(C)c(C)c2)nn1-c1cccc(Cl)c1. The third-order valence-corrected chi connectivity index (χ3v) is 4.84. The number of nitrogens with zero attached hydrogens (tertiary/aromatic N) is 2. The second-order valence-corrected chi connectivity index (χ2v) is 7.14. The summed E-state index contributed by atoms with van der Waals surface area (Å²) in [5.74, 6) is -0.182. The molecule has 0 saturated carbocycles. The number of aryl methyl sites for hydroxylation is 2. The van der Waals surface area contributed by atoms with Crippen LogP contribution in [0.5, 0.6) is 0 Å². The molecular formula is C22H24ClN3O2. The first-order chi connectivity index (χ1) is 13.5. The molecule has 1 heterocycles. The van der Waals surface area contributed by atoms with Crippen LogP contribution in [0.15, 0.2) is 48.5 Å². The van der Waals surface area contributed by atoms with E-state index in [2.05, 4.69) is 31.3 Å². The average molecular weight is 398 g/mol. The summed E-state index contributed by atoms with van der Waals surface area (Å²) in [5.41, 5.74) is 5.31. The summed E-state index contributed by atoms with van der Waals surface area (Å²) in [7, 11) is 1.64. The van der Waals surface area contributed by atoms with Gasteiger partial charge in [-0.3, -0.25) is 4.79 Å². The Hall–Kier alpha value is -2.63. The molecule has 146 valence electrons. The van der Waals surface area contributed by atoms with Gasteiger partial charge in [-0.25, -0.2) is 4.68 Å². The van der Waals surface area contributed by atoms with E-state index in [9.17, 15) is 4.79 Å². The molecule has 0 saturated heterocycles. The fraction of sp³-hybridized carbons (Fsp3) is 0.273. The van der Waals surface area contributed by atoms with Crippen molar-refractivity contribution in [2.75, 3.05) is 20.3 Å². The van der Waals surface area contributed by atoms with Crippen molar-refractivity contribution in [2.45, 2.75) is 20.3 Å². The number of aromatic nitrogens is 2. The molecule has 1 aromatic heterocycles. The molecule has 3 rings (SSSR count). The van der Waals surface area contributed by atoms with Gasteiger partial charge in [0.15, 0.2) is 0 Å². The van der Waals surface area contributed by atoms with Crippen LogP contribution in [0.4, 0.5) is 0 Å². The highest BCUT2D eigenvalue weighted by Gasteiger charge is 2.18. The van der Waals surface area contributed by atoms with Gasteiger partial charge in [-0.15, -0.1) is 0 Å². The van der Waals surface area contributed by atoms with Crippen molar-refractivity contribution < 1.29 is 9.53 Å². The number of hydrogen-bond acceptors (Lipinski definition) is 3. The predicted octanol–water partition coefficient (Wildman–Crippen LogP) is 4.58. The summed E-state index contributed by atoms with van der Waals surface area (Å²) in [6.07, 6.45) is 0.748. The van der Waals surface area contributed by atoms with Crippen molar-refractivity contribution in [1.29, 1.82) is 0 Å². The minimum Gasteiger partial charge on any atom is -0.385 e. The van der Waals surface area contributed by atoms with Crippen molar-refractivity contribution in [3.05, 3.63) is 70.4 Å². The molecule has 1 N–H and O–H groups in total. The topological polar surface area (TPSA) is 56.1 Å². The van der Waals surface area contributed by atoms with Crippen LogP contribution in [0.2, 0.25) is 5.02 Å². The van der Waals surface area contributed by atoms with Gasteiger partial charge >= 0.3 is 0 Å². The Morgan fingerprint density at radius 2 is 1.96 bits per heavy atom. The lowest BCUT2D eigenvalue weighted by molar-refractivity contribution is 0.0941.